The second-order valence-electron chi connectivity index (χ2n) is 8.86. The summed E-state index contributed by atoms with van der Waals surface area (Å²) in [5.41, 5.74) is 11.5. The fraction of sp³-hybridized carbons (Fsp3) is 0.115. The minimum atomic E-state index is -0.103. The smallest absolute Gasteiger partial charge is 0.263 e. The lowest BCUT2D eigenvalue weighted by atomic mass is 10.1. The van der Waals surface area contributed by atoms with Gasteiger partial charge in [0.25, 0.3) is 5.91 Å². The zero-order valence-corrected chi connectivity index (χ0v) is 20.7. The lowest BCUT2D eigenvalue weighted by Crippen LogP contribution is -2.26. The molecule has 1 aliphatic rings. The van der Waals surface area contributed by atoms with E-state index in [1.807, 2.05) is 34.9 Å². The molecule has 0 saturated carbocycles. The molecular formula is C26H20N10OS. The Morgan fingerprint density at radius 1 is 1.03 bits per heavy atom. The van der Waals surface area contributed by atoms with Crippen molar-refractivity contribution in [1.82, 2.24) is 44.2 Å². The molecular weight excluding hydrogens is 500 g/mol. The van der Waals surface area contributed by atoms with Crippen LogP contribution in [0.25, 0.3) is 34.1 Å². The Balaban J connectivity index is 1.34. The fourth-order valence-electron chi connectivity index (χ4n) is 4.88. The predicted molar refractivity (Wildman–Crippen MR) is 142 cm³/mol. The molecule has 0 saturated heterocycles. The lowest BCUT2D eigenvalue weighted by Gasteiger charge is -2.15. The molecule has 1 aliphatic carbocycles. The molecule has 186 valence electrons. The molecule has 38 heavy (non-hydrogen) atoms. The second kappa shape index (κ2) is 8.85. The highest BCUT2D eigenvalue weighted by molar-refractivity contribution is 7.08. The van der Waals surface area contributed by atoms with Crippen molar-refractivity contribution in [2.24, 2.45) is 0 Å². The molecule has 5 heterocycles. The Kier molecular flexibility index (Phi) is 5.18. The number of amides is 1. The first-order chi connectivity index (χ1) is 18.7. The van der Waals surface area contributed by atoms with Crippen molar-refractivity contribution >= 4 is 34.4 Å². The van der Waals surface area contributed by atoms with Crippen LogP contribution in [-0.4, -0.2) is 44.8 Å². The number of anilines is 1. The molecule has 0 radical (unpaired) electrons. The van der Waals surface area contributed by atoms with Crippen molar-refractivity contribution < 1.29 is 4.79 Å². The molecule has 0 spiro atoms. The second-order valence-corrected chi connectivity index (χ2v) is 9.70. The molecule has 5 aromatic heterocycles. The van der Waals surface area contributed by atoms with Gasteiger partial charge in [0.2, 0.25) is 0 Å². The van der Waals surface area contributed by atoms with Gasteiger partial charge in [-0.15, -0.1) is 4.80 Å². The number of imidazole rings is 1. The predicted octanol–water partition coefficient (Wildman–Crippen LogP) is 3.52. The van der Waals surface area contributed by atoms with Crippen LogP contribution in [0, 0.1) is 0 Å². The number of nitrogens with two attached hydrogens (primary N) is 1. The summed E-state index contributed by atoms with van der Waals surface area (Å²) in [6.07, 6.45) is 8.17. The van der Waals surface area contributed by atoms with Gasteiger partial charge in [-0.2, -0.15) is 10.2 Å². The first-order valence-electron chi connectivity index (χ1n) is 12.0. The van der Waals surface area contributed by atoms with E-state index in [0.717, 1.165) is 29.7 Å². The van der Waals surface area contributed by atoms with Gasteiger partial charge in [-0.3, -0.25) is 9.36 Å². The van der Waals surface area contributed by atoms with Crippen molar-refractivity contribution in [1.29, 1.82) is 0 Å². The van der Waals surface area contributed by atoms with Crippen LogP contribution in [0.2, 0.25) is 0 Å². The molecule has 0 aliphatic heterocycles. The highest BCUT2D eigenvalue weighted by atomic mass is 32.1. The quantitative estimate of drug-likeness (QED) is 0.352. The van der Waals surface area contributed by atoms with E-state index in [0.29, 0.717) is 39.1 Å². The standard InChI is InChI=1S/C26H20N10OS/c27-23-18(2-1-10-28-23)24-32-20-7-8-22(36-29-12-13-30-36)34-25(20)35(24)16-4-5-17-15(14-16)3-6-19(17)33-26(37)21-9-11-31-38-21/h1-2,4-5,7-14,19H,3,6H2,(H2,27,28)(H,33,37)/t19-/m0/s1. The molecule has 0 bridgehead atoms. The third kappa shape index (κ3) is 3.69. The number of benzene rings is 1. The van der Waals surface area contributed by atoms with Crippen molar-refractivity contribution in [3.05, 3.63) is 89.3 Å². The van der Waals surface area contributed by atoms with Crippen LogP contribution in [0.5, 0.6) is 0 Å². The third-order valence-electron chi connectivity index (χ3n) is 6.62. The number of fused-ring (bicyclic) bond motifs is 2. The summed E-state index contributed by atoms with van der Waals surface area (Å²) in [5, 5.41) is 11.6. The molecule has 1 atom stereocenters. The van der Waals surface area contributed by atoms with E-state index < -0.39 is 0 Å². The Labute approximate surface area is 220 Å². The van der Waals surface area contributed by atoms with Crippen LogP contribution in [0.4, 0.5) is 5.82 Å². The number of aryl methyl sites for hydroxylation is 1. The molecule has 1 amide bonds. The average Bonchev–Trinajstić information content (AvgIpc) is 3.75. The molecule has 3 N–H and O–H groups in total. The minimum Gasteiger partial charge on any atom is -0.383 e. The summed E-state index contributed by atoms with van der Waals surface area (Å²) >= 11 is 1.19. The van der Waals surface area contributed by atoms with Gasteiger partial charge in [-0.25, -0.2) is 19.3 Å². The molecule has 12 heteroatoms. The van der Waals surface area contributed by atoms with Gasteiger partial charge >= 0.3 is 0 Å². The molecule has 0 fully saturated rings. The van der Waals surface area contributed by atoms with Crippen molar-refractivity contribution in [2.75, 3.05) is 5.73 Å². The van der Waals surface area contributed by atoms with Crippen LogP contribution in [0.3, 0.4) is 0 Å². The maximum Gasteiger partial charge on any atom is 0.263 e. The Bertz CT molecular complexity index is 1790. The summed E-state index contributed by atoms with van der Waals surface area (Å²) < 4.78 is 6.02. The largest absolute Gasteiger partial charge is 0.383 e. The Hall–Kier alpha value is -4.97. The van der Waals surface area contributed by atoms with E-state index in [4.69, 9.17) is 15.7 Å². The molecule has 7 rings (SSSR count). The lowest BCUT2D eigenvalue weighted by molar-refractivity contribution is 0.0941. The molecule has 6 aromatic rings. The summed E-state index contributed by atoms with van der Waals surface area (Å²) in [5.74, 6) is 1.48. The number of nitrogens with one attached hydrogen (secondary N) is 1. The van der Waals surface area contributed by atoms with Crippen molar-refractivity contribution in [3.8, 4) is 22.9 Å². The van der Waals surface area contributed by atoms with Crippen LogP contribution in [0.1, 0.15) is 33.3 Å². The minimum absolute atomic E-state index is 0.0581. The maximum atomic E-state index is 12.6. The highest BCUT2D eigenvalue weighted by Gasteiger charge is 2.26. The Morgan fingerprint density at radius 3 is 2.74 bits per heavy atom. The van der Waals surface area contributed by atoms with E-state index in [-0.39, 0.29) is 11.9 Å². The number of pyridine rings is 2. The van der Waals surface area contributed by atoms with E-state index in [1.54, 1.807) is 30.9 Å². The average molecular weight is 521 g/mol. The third-order valence-corrected chi connectivity index (χ3v) is 7.37. The summed E-state index contributed by atoms with van der Waals surface area (Å²) in [6.45, 7) is 0. The molecule has 1 aromatic carbocycles. The van der Waals surface area contributed by atoms with E-state index in [2.05, 4.69) is 37.0 Å². The zero-order valence-electron chi connectivity index (χ0n) is 19.9. The van der Waals surface area contributed by atoms with Gasteiger partial charge in [0.15, 0.2) is 17.3 Å². The summed E-state index contributed by atoms with van der Waals surface area (Å²) in [4.78, 5) is 28.7. The SMILES string of the molecule is Nc1ncccc1-c1nc2ccc(-n3nccn3)nc2n1-c1ccc2c(c1)CC[C@@H]2NC(=O)c1ccns1. The number of aromatic nitrogens is 8. The van der Waals surface area contributed by atoms with Gasteiger partial charge in [0.05, 0.1) is 24.0 Å². The normalized spacial score (nSPS) is 14.6. The highest BCUT2D eigenvalue weighted by Crippen LogP contribution is 2.36. The summed E-state index contributed by atoms with van der Waals surface area (Å²) in [6, 6.07) is 15.3. The summed E-state index contributed by atoms with van der Waals surface area (Å²) in [7, 11) is 0. The van der Waals surface area contributed by atoms with Crippen LogP contribution >= 0.6 is 11.5 Å². The first-order valence-corrected chi connectivity index (χ1v) is 12.7. The zero-order chi connectivity index (χ0) is 25.6. The number of hydrogen-bond donors (Lipinski definition) is 2. The topological polar surface area (TPSA) is 142 Å². The number of rotatable bonds is 5. The van der Waals surface area contributed by atoms with Gasteiger partial charge in [0.1, 0.15) is 16.2 Å². The van der Waals surface area contributed by atoms with Gasteiger partial charge in [-0.1, -0.05) is 6.07 Å². The number of hydrogen-bond acceptors (Lipinski definition) is 9. The number of carbonyl (C=O) groups is 1. The number of nitrogens with zero attached hydrogens (tertiary/aromatic N) is 8. The van der Waals surface area contributed by atoms with Crippen LogP contribution in [-0.2, 0) is 6.42 Å². The van der Waals surface area contributed by atoms with Gasteiger partial charge in [0, 0.05) is 18.1 Å². The maximum absolute atomic E-state index is 12.6. The molecule has 11 nitrogen and oxygen atoms in total. The van der Waals surface area contributed by atoms with E-state index in [1.165, 1.54) is 16.3 Å². The van der Waals surface area contributed by atoms with E-state index >= 15 is 0 Å². The monoisotopic (exact) mass is 520 g/mol. The Morgan fingerprint density at radius 2 is 1.92 bits per heavy atom. The van der Waals surface area contributed by atoms with Crippen LogP contribution in [0.15, 0.2) is 73.3 Å². The van der Waals surface area contributed by atoms with Gasteiger partial charge < -0.3 is 11.1 Å². The van der Waals surface area contributed by atoms with E-state index in [9.17, 15) is 4.79 Å². The number of nitrogen functional groups attached to an aromatic ring is 1. The number of carbonyl (C=O) groups excluding carboxylic acids is 1. The molecule has 0 unspecified atom stereocenters. The van der Waals surface area contributed by atoms with Crippen molar-refractivity contribution in [3.63, 3.8) is 0 Å². The van der Waals surface area contributed by atoms with Gasteiger partial charge in [-0.05, 0) is 78.0 Å². The first kappa shape index (κ1) is 22.2. The van der Waals surface area contributed by atoms with Crippen molar-refractivity contribution in [2.45, 2.75) is 18.9 Å². The van der Waals surface area contributed by atoms with Crippen LogP contribution < -0.4 is 11.1 Å². The fourth-order valence-corrected chi connectivity index (χ4v) is 5.38.